The molecule has 0 spiro atoms. The second-order valence-electron chi connectivity index (χ2n) is 6.29. The number of benzene rings is 2. The number of anilines is 2. The van der Waals surface area contributed by atoms with Gasteiger partial charge in [-0.1, -0.05) is 18.2 Å². The van der Waals surface area contributed by atoms with Crippen LogP contribution in [0.5, 0.6) is 11.5 Å². The van der Waals surface area contributed by atoms with E-state index in [1.54, 1.807) is 24.3 Å². The van der Waals surface area contributed by atoms with Crippen LogP contribution in [0.15, 0.2) is 42.5 Å². The third-order valence-corrected chi connectivity index (χ3v) is 4.61. The Balaban J connectivity index is 1.75. The number of likely N-dealkylation sites (tertiary alicyclic amines) is 1. The van der Waals surface area contributed by atoms with E-state index in [0.717, 1.165) is 0 Å². The number of amides is 3. The van der Waals surface area contributed by atoms with Crippen LogP contribution in [0.3, 0.4) is 0 Å². The molecule has 148 valence electrons. The number of ether oxygens (including phenoxy) is 2. The highest BCUT2D eigenvalue weighted by Crippen LogP contribution is 2.35. The molecule has 1 heterocycles. The van der Waals surface area contributed by atoms with E-state index in [-0.39, 0.29) is 11.6 Å². The summed E-state index contributed by atoms with van der Waals surface area (Å²) in [5.74, 6) is 0.0138. The Hall–Kier alpha value is -3.29. The molecular formula is C20H22FN3O4. The van der Waals surface area contributed by atoms with E-state index in [9.17, 15) is 14.0 Å². The van der Waals surface area contributed by atoms with Crippen LogP contribution in [0.1, 0.15) is 12.8 Å². The number of methoxy groups -OCH3 is 2. The number of rotatable bonds is 5. The Kier molecular flexibility index (Phi) is 5.98. The minimum atomic E-state index is -0.679. The average Bonchev–Trinajstić information content (AvgIpc) is 3.20. The van der Waals surface area contributed by atoms with Crippen LogP contribution >= 0.6 is 0 Å². The van der Waals surface area contributed by atoms with Crippen molar-refractivity contribution >= 4 is 23.3 Å². The number of urea groups is 1. The Morgan fingerprint density at radius 3 is 2.36 bits per heavy atom. The van der Waals surface area contributed by atoms with Crippen molar-refractivity contribution in [3.05, 3.63) is 48.3 Å². The quantitative estimate of drug-likeness (QED) is 0.823. The molecule has 1 aliphatic heterocycles. The highest BCUT2D eigenvalue weighted by atomic mass is 19.1. The van der Waals surface area contributed by atoms with Crippen LogP contribution in [-0.2, 0) is 4.79 Å². The van der Waals surface area contributed by atoms with Crippen molar-refractivity contribution in [2.24, 2.45) is 0 Å². The SMILES string of the molecule is COc1cccc(OC)c1NC(=O)[C@H]1CCCN1C(=O)Nc1ccccc1F. The average molecular weight is 387 g/mol. The van der Waals surface area contributed by atoms with Crippen molar-refractivity contribution < 1.29 is 23.5 Å². The lowest BCUT2D eigenvalue weighted by atomic mass is 10.2. The highest BCUT2D eigenvalue weighted by Gasteiger charge is 2.35. The third-order valence-electron chi connectivity index (χ3n) is 4.61. The molecule has 3 rings (SSSR count). The molecule has 7 nitrogen and oxygen atoms in total. The first-order valence-electron chi connectivity index (χ1n) is 8.89. The van der Waals surface area contributed by atoms with E-state index < -0.39 is 17.9 Å². The largest absolute Gasteiger partial charge is 0.494 e. The summed E-state index contributed by atoms with van der Waals surface area (Å²) in [7, 11) is 2.99. The fraction of sp³-hybridized carbons (Fsp3) is 0.300. The number of hydrogen-bond donors (Lipinski definition) is 2. The number of nitrogens with zero attached hydrogens (tertiary/aromatic N) is 1. The van der Waals surface area contributed by atoms with Crippen LogP contribution in [0.2, 0.25) is 0 Å². The summed E-state index contributed by atoms with van der Waals surface area (Å²) in [6, 6.07) is 9.85. The maximum Gasteiger partial charge on any atom is 0.322 e. The maximum atomic E-state index is 13.8. The van der Waals surface area contributed by atoms with Crippen molar-refractivity contribution in [1.82, 2.24) is 4.90 Å². The molecule has 1 atom stereocenters. The molecule has 28 heavy (non-hydrogen) atoms. The fourth-order valence-electron chi connectivity index (χ4n) is 3.21. The molecule has 1 saturated heterocycles. The van der Waals surface area contributed by atoms with Crippen molar-refractivity contribution in [3.8, 4) is 11.5 Å². The molecule has 1 aliphatic rings. The van der Waals surface area contributed by atoms with Gasteiger partial charge in [0.05, 0.1) is 19.9 Å². The van der Waals surface area contributed by atoms with Crippen molar-refractivity contribution in [1.29, 1.82) is 0 Å². The zero-order valence-corrected chi connectivity index (χ0v) is 15.7. The van der Waals surface area contributed by atoms with Gasteiger partial charge in [0.2, 0.25) is 5.91 Å². The van der Waals surface area contributed by atoms with Gasteiger partial charge in [-0.15, -0.1) is 0 Å². The fourth-order valence-corrected chi connectivity index (χ4v) is 3.21. The minimum Gasteiger partial charge on any atom is -0.494 e. The van der Waals surface area contributed by atoms with E-state index in [2.05, 4.69) is 10.6 Å². The summed E-state index contributed by atoms with van der Waals surface area (Å²) in [5, 5.41) is 5.33. The van der Waals surface area contributed by atoms with Gasteiger partial charge >= 0.3 is 6.03 Å². The molecule has 0 aromatic heterocycles. The van der Waals surface area contributed by atoms with Gasteiger partial charge in [-0.3, -0.25) is 4.79 Å². The van der Waals surface area contributed by atoms with E-state index in [0.29, 0.717) is 36.6 Å². The van der Waals surface area contributed by atoms with Crippen molar-refractivity contribution in [2.45, 2.75) is 18.9 Å². The van der Waals surface area contributed by atoms with Crippen LogP contribution < -0.4 is 20.1 Å². The molecule has 0 bridgehead atoms. The number of carbonyl (C=O) groups excluding carboxylic acids is 2. The van der Waals surface area contributed by atoms with Gasteiger partial charge in [0.15, 0.2) is 0 Å². The molecule has 3 amide bonds. The van der Waals surface area contributed by atoms with Gasteiger partial charge in [-0.2, -0.15) is 0 Å². The maximum absolute atomic E-state index is 13.8. The number of halogens is 1. The predicted octanol–water partition coefficient (Wildman–Crippen LogP) is 3.48. The van der Waals surface area contributed by atoms with E-state index >= 15 is 0 Å². The van der Waals surface area contributed by atoms with E-state index in [4.69, 9.17) is 9.47 Å². The second-order valence-corrected chi connectivity index (χ2v) is 6.29. The number of carbonyl (C=O) groups is 2. The molecule has 0 unspecified atom stereocenters. The zero-order valence-electron chi connectivity index (χ0n) is 15.7. The lowest BCUT2D eigenvalue weighted by molar-refractivity contribution is -0.119. The van der Waals surface area contributed by atoms with E-state index in [1.807, 2.05) is 0 Å². The molecule has 2 N–H and O–H groups in total. The summed E-state index contributed by atoms with van der Waals surface area (Å²) in [4.78, 5) is 26.9. The van der Waals surface area contributed by atoms with Gasteiger partial charge in [0.25, 0.3) is 0 Å². The monoisotopic (exact) mass is 387 g/mol. The second kappa shape index (κ2) is 8.60. The highest BCUT2D eigenvalue weighted by molar-refractivity contribution is 6.01. The summed E-state index contributed by atoms with van der Waals surface area (Å²) >= 11 is 0. The standard InChI is InChI=1S/C20H22FN3O4/c1-27-16-10-5-11-17(28-2)18(16)23-19(25)15-9-6-12-24(15)20(26)22-14-8-4-3-7-13(14)21/h3-5,7-8,10-11,15H,6,9,12H2,1-2H3,(H,22,26)(H,23,25)/t15-/m1/s1. The Morgan fingerprint density at radius 1 is 1.04 bits per heavy atom. The first kappa shape index (κ1) is 19.5. The van der Waals surface area contributed by atoms with Gasteiger partial charge < -0.3 is 25.0 Å². The van der Waals surface area contributed by atoms with Gasteiger partial charge in [-0.05, 0) is 37.1 Å². The lowest BCUT2D eigenvalue weighted by Crippen LogP contribution is -2.45. The van der Waals surface area contributed by atoms with Crippen LogP contribution in [-0.4, -0.2) is 43.6 Å². The normalized spacial score (nSPS) is 15.8. The van der Waals surface area contributed by atoms with Gasteiger partial charge in [0.1, 0.15) is 29.0 Å². The number of para-hydroxylation sites is 2. The van der Waals surface area contributed by atoms with Crippen LogP contribution in [0.25, 0.3) is 0 Å². The lowest BCUT2D eigenvalue weighted by Gasteiger charge is -2.25. The topological polar surface area (TPSA) is 79.9 Å². The zero-order chi connectivity index (χ0) is 20.1. The summed E-state index contributed by atoms with van der Waals surface area (Å²) in [5.41, 5.74) is 0.476. The molecule has 2 aromatic carbocycles. The Labute approximate surface area is 162 Å². The van der Waals surface area contributed by atoms with Crippen molar-refractivity contribution in [3.63, 3.8) is 0 Å². The Bertz CT molecular complexity index is 852. The molecule has 2 aromatic rings. The van der Waals surface area contributed by atoms with E-state index in [1.165, 1.54) is 37.3 Å². The number of nitrogens with one attached hydrogen (secondary N) is 2. The first-order chi connectivity index (χ1) is 13.5. The summed E-state index contributed by atoms with van der Waals surface area (Å²) < 4.78 is 24.4. The molecule has 0 radical (unpaired) electrons. The first-order valence-corrected chi connectivity index (χ1v) is 8.89. The minimum absolute atomic E-state index is 0.0740. The molecule has 8 heteroatoms. The molecular weight excluding hydrogens is 365 g/mol. The molecule has 1 fully saturated rings. The Morgan fingerprint density at radius 2 is 1.71 bits per heavy atom. The molecule has 0 aliphatic carbocycles. The number of hydrogen-bond acceptors (Lipinski definition) is 4. The molecule has 0 saturated carbocycles. The van der Waals surface area contributed by atoms with Gasteiger partial charge in [-0.25, -0.2) is 9.18 Å². The van der Waals surface area contributed by atoms with Crippen molar-refractivity contribution in [2.75, 3.05) is 31.4 Å². The third kappa shape index (κ3) is 4.00. The smallest absolute Gasteiger partial charge is 0.322 e. The van der Waals surface area contributed by atoms with Crippen LogP contribution in [0, 0.1) is 5.82 Å². The summed E-state index contributed by atoms with van der Waals surface area (Å²) in [6.45, 7) is 0.404. The van der Waals surface area contributed by atoms with Crippen LogP contribution in [0.4, 0.5) is 20.6 Å². The van der Waals surface area contributed by atoms with Gasteiger partial charge in [0, 0.05) is 6.54 Å². The predicted molar refractivity (Wildman–Crippen MR) is 103 cm³/mol. The summed E-state index contributed by atoms with van der Waals surface area (Å²) in [6.07, 6.45) is 1.18.